The first-order chi connectivity index (χ1) is 8.01. The molecule has 3 heteroatoms. The Kier molecular flexibility index (Phi) is 5.72. The Morgan fingerprint density at radius 1 is 1.29 bits per heavy atom. The van der Waals surface area contributed by atoms with E-state index in [0.717, 1.165) is 32.7 Å². The molecule has 0 bridgehead atoms. The van der Waals surface area contributed by atoms with Crippen LogP contribution in [0.15, 0.2) is 18.5 Å². The molecule has 0 amide bonds. The van der Waals surface area contributed by atoms with Crippen molar-refractivity contribution in [2.24, 2.45) is 0 Å². The Morgan fingerprint density at radius 2 is 2.06 bits per heavy atom. The molecule has 3 nitrogen and oxygen atoms in total. The van der Waals surface area contributed by atoms with Gasteiger partial charge in [-0.3, -0.25) is 0 Å². The number of hydrogen-bond acceptors (Lipinski definition) is 2. The first kappa shape index (κ1) is 14.3. The highest BCUT2D eigenvalue weighted by Gasteiger charge is 2.08. The molecule has 0 saturated carbocycles. The summed E-state index contributed by atoms with van der Waals surface area (Å²) in [5, 5.41) is 3.48. The van der Waals surface area contributed by atoms with E-state index in [1.54, 1.807) is 0 Å². The summed E-state index contributed by atoms with van der Waals surface area (Å²) in [5.41, 5.74) is 1.50. The van der Waals surface area contributed by atoms with Gasteiger partial charge in [-0.05, 0) is 38.8 Å². The average molecular weight is 238 g/mol. The fraction of sp³-hybridized carbons (Fsp3) is 0.714. The first-order valence-corrected chi connectivity index (χ1v) is 6.48. The van der Waals surface area contributed by atoms with Crippen LogP contribution in [0.1, 0.15) is 39.7 Å². The third kappa shape index (κ3) is 6.49. The van der Waals surface area contributed by atoms with Crippen molar-refractivity contribution in [1.29, 1.82) is 0 Å². The molecule has 1 rings (SSSR count). The minimum absolute atomic E-state index is 0.173. The Hall–Kier alpha value is -0.800. The van der Waals surface area contributed by atoms with E-state index in [1.165, 1.54) is 5.56 Å². The zero-order chi connectivity index (χ0) is 12.7. The molecule has 0 aliphatic rings. The maximum atomic E-state index is 5.47. The van der Waals surface area contributed by atoms with Crippen molar-refractivity contribution in [2.75, 3.05) is 13.2 Å². The van der Waals surface area contributed by atoms with Gasteiger partial charge in [-0.25, -0.2) is 0 Å². The molecule has 1 aromatic rings. The van der Waals surface area contributed by atoms with E-state index in [4.69, 9.17) is 4.74 Å². The third-order valence-electron chi connectivity index (χ3n) is 2.48. The smallest absolute Gasteiger partial charge is 0.0645 e. The summed E-state index contributed by atoms with van der Waals surface area (Å²) in [6.45, 7) is 12.2. The molecule has 0 aromatic carbocycles. The van der Waals surface area contributed by atoms with Gasteiger partial charge in [-0.2, -0.15) is 0 Å². The lowest BCUT2D eigenvalue weighted by Gasteiger charge is -2.19. The van der Waals surface area contributed by atoms with Crippen molar-refractivity contribution in [3.05, 3.63) is 24.0 Å². The molecular weight excluding hydrogens is 212 g/mol. The van der Waals surface area contributed by atoms with Crippen LogP contribution in [-0.2, 0) is 17.8 Å². The molecule has 1 aromatic heterocycles. The Balaban J connectivity index is 2.28. The molecule has 0 aliphatic heterocycles. The number of nitrogens with one attached hydrogen (secondary N) is 1. The number of nitrogens with zero attached hydrogens (tertiary/aromatic N) is 1. The minimum atomic E-state index is 0.173. The van der Waals surface area contributed by atoms with Crippen LogP contribution in [0.4, 0.5) is 0 Å². The van der Waals surface area contributed by atoms with E-state index < -0.39 is 0 Å². The highest BCUT2D eigenvalue weighted by Crippen LogP contribution is 2.05. The molecule has 0 fully saturated rings. The van der Waals surface area contributed by atoms with Crippen LogP contribution in [0.2, 0.25) is 0 Å². The van der Waals surface area contributed by atoms with E-state index in [2.05, 4.69) is 56.0 Å². The average Bonchev–Trinajstić information content (AvgIpc) is 2.69. The maximum absolute atomic E-state index is 5.47. The Morgan fingerprint density at radius 3 is 2.71 bits per heavy atom. The van der Waals surface area contributed by atoms with Crippen LogP contribution in [0.3, 0.4) is 0 Å². The van der Waals surface area contributed by atoms with E-state index in [9.17, 15) is 0 Å². The highest BCUT2D eigenvalue weighted by molar-refractivity contribution is 5.10. The Labute approximate surface area is 105 Å². The molecule has 0 saturated heterocycles. The third-order valence-corrected chi connectivity index (χ3v) is 2.48. The number of hydrogen-bond donors (Lipinski definition) is 1. The van der Waals surface area contributed by atoms with Gasteiger partial charge in [-0.15, -0.1) is 0 Å². The molecule has 1 N–H and O–H groups in total. The van der Waals surface area contributed by atoms with Crippen LogP contribution in [0, 0.1) is 0 Å². The summed E-state index contributed by atoms with van der Waals surface area (Å²) in [5.74, 6) is 0. The quantitative estimate of drug-likeness (QED) is 0.739. The second-order valence-corrected chi connectivity index (χ2v) is 5.47. The molecule has 1 heterocycles. The monoisotopic (exact) mass is 238 g/mol. The molecule has 0 radical (unpaired) electrons. The second-order valence-electron chi connectivity index (χ2n) is 5.47. The van der Waals surface area contributed by atoms with Gasteiger partial charge in [0.15, 0.2) is 0 Å². The van der Waals surface area contributed by atoms with Crippen LogP contribution in [-0.4, -0.2) is 23.3 Å². The normalized spacial score (nSPS) is 12.0. The lowest BCUT2D eigenvalue weighted by Crippen LogP contribution is -2.34. The summed E-state index contributed by atoms with van der Waals surface area (Å²) < 4.78 is 7.66. The van der Waals surface area contributed by atoms with E-state index in [-0.39, 0.29) is 5.54 Å². The fourth-order valence-electron chi connectivity index (χ4n) is 1.52. The van der Waals surface area contributed by atoms with Gasteiger partial charge in [0, 0.05) is 37.6 Å². The molecule has 0 aliphatic carbocycles. The summed E-state index contributed by atoms with van der Waals surface area (Å²) >= 11 is 0. The molecule has 98 valence electrons. The minimum Gasteiger partial charge on any atom is -0.380 e. The number of ether oxygens (including phenoxy) is 1. The predicted molar refractivity (Wildman–Crippen MR) is 72.1 cm³/mol. The summed E-state index contributed by atoms with van der Waals surface area (Å²) in [6.07, 6.45) is 5.40. The summed E-state index contributed by atoms with van der Waals surface area (Å²) in [4.78, 5) is 0. The van der Waals surface area contributed by atoms with Gasteiger partial charge in [0.25, 0.3) is 0 Å². The zero-order valence-electron chi connectivity index (χ0n) is 11.6. The van der Waals surface area contributed by atoms with Gasteiger partial charge in [0.05, 0.1) is 6.61 Å². The van der Waals surface area contributed by atoms with E-state index in [1.807, 2.05) is 0 Å². The van der Waals surface area contributed by atoms with Gasteiger partial charge in [-0.1, -0.05) is 6.92 Å². The highest BCUT2D eigenvalue weighted by atomic mass is 16.5. The largest absolute Gasteiger partial charge is 0.380 e. The molecule has 0 atom stereocenters. The molecular formula is C14H26N2O. The van der Waals surface area contributed by atoms with Crippen molar-refractivity contribution < 1.29 is 4.74 Å². The summed E-state index contributed by atoms with van der Waals surface area (Å²) in [7, 11) is 0. The maximum Gasteiger partial charge on any atom is 0.0645 e. The van der Waals surface area contributed by atoms with Crippen molar-refractivity contribution in [3.63, 3.8) is 0 Å². The van der Waals surface area contributed by atoms with Crippen LogP contribution >= 0.6 is 0 Å². The molecule has 17 heavy (non-hydrogen) atoms. The fourth-order valence-corrected chi connectivity index (χ4v) is 1.52. The van der Waals surface area contributed by atoms with Gasteiger partial charge < -0.3 is 14.6 Å². The van der Waals surface area contributed by atoms with Gasteiger partial charge in [0.1, 0.15) is 0 Å². The van der Waals surface area contributed by atoms with Crippen molar-refractivity contribution in [2.45, 2.75) is 52.7 Å². The van der Waals surface area contributed by atoms with Crippen molar-refractivity contribution in [3.8, 4) is 0 Å². The van der Waals surface area contributed by atoms with Crippen molar-refractivity contribution in [1.82, 2.24) is 9.88 Å². The second kappa shape index (κ2) is 6.82. The lowest BCUT2D eigenvalue weighted by atomic mass is 10.1. The van der Waals surface area contributed by atoms with Crippen molar-refractivity contribution >= 4 is 0 Å². The molecule has 0 unspecified atom stereocenters. The van der Waals surface area contributed by atoms with E-state index >= 15 is 0 Å². The number of aromatic nitrogens is 1. The van der Waals surface area contributed by atoms with Crippen LogP contribution < -0.4 is 5.32 Å². The standard InChI is InChI=1S/C14H26N2O/c1-5-9-17-10-8-16-7-6-13(12-16)11-15-14(2,3)4/h6-7,12,15H,5,8-11H2,1-4H3. The van der Waals surface area contributed by atoms with Gasteiger partial charge in [0.2, 0.25) is 0 Å². The lowest BCUT2D eigenvalue weighted by molar-refractivity contribution is 0.127. The summed E-state index contributed by atoms with van der Waals surface area (Å²) in [6, 6.07) is 2.17. The van der Waals surface area contributed by atoms with Crippen LogP contribution in [0.25, 0.3) is 0 Å². The zero-order valence-corrected chi connectivity index (χ0v) is 11.6. The topological polar surface area (TPSA) is 26.2 Å². The Bertz CT molecular complexity index is 312. The van der Waals surface area contributed by atoms with Gasteiger partial charge >= 0.3 is 0 Å². The SMILES string of the molecule is CCCOCCn1ccc(CNC(C)(C)C)c1. The molecule has 0 spiro atoms. The number of rotatable bonds is 7. The first-order valence-electron chi connectivity index (χ1n) is 6.48. The van der Waals surface area contributed by atoms with Crippen LogP contribution in [0.5, 0.6) is 0 Å². The van der Waals surface area contributed by atoms with E-state index in [0.29, 0.717) is 0 Å². The predicted octanol–water partition coefficient (Wildman–Crippen LogP) is 2.80.